The van der Waals surface area contributed by atoms with Gasteiger partial charge in [-0.15, -0.1) is 0 Å². The van der Waals surface area contributed by atoms with E-state index in [1.54, 1.807) is 23.1 Å². The maximum atomic E-state index is 6.41. The lowest BCUT2D eigenvalue weighted by molar-refractivity contribution is 0.303. The molecule has 2 N–H and O–H groups in total. The van der Waals surface area contributed by atoms with Gasteiger partial charge in [0, 0.05) is 18.0 Å². The molecule has 1 aliphatic carbocycles. The fourth-order valence-electron chi connectivity index (χ4n) is 2.43. The number of nitrogens with zero attached hydrogens (tertiary/aromatic N) is 3. The van der Waals surface area contributed by atoms with E-state index in [9.17, 15) is 0 Å². The zero-order valence-electron chi connectivity index (χ0n) is 11.5. The molecule has 106 valence electrons. The molecule has 3 aromatic rings. The Hall–Kier alpha value is -2.40. The Labute approximate surface area is 122 Å². The smallest absolute Gasteiger partial charge is 0.120 e. The summed E-state index contributed by atoms with van der Waals surface area (Å²) >= 11 is 0. The van der Waals surface area contributed by atoms with Crippen LogP contribution in [0.2, 0.25) is 0 Å². The molecule has 1 aromatic carbocycles. The molecular weight excluding hydrogens is 264 g/mol. The Bertz CT molecular complexity index is 779. The summed E-state index contributed by atoms with van der Waals surface area (Å²) in [5, 5.41) is 4.31. The third-order valence-electron chi connectivity index (χ3n) is 3.73. The number of aromatic nitrogens is 3. The maximum absolute atomic E-state index is 6.41. The van der Waals surface area contributed by atoms with Crippen molar-refractivity contribution < 1.29 is 4.74 Å². The van der Waals surface area contributed by atoms with Crippen LogP contribution in [-0.2, 0) is 0 Å². The molecule has 5 nitrogen and oxygen atoms in total. The number of benzene rings is 1. The molecule has 1 fully saturated rings. The van der Waals surface area contributed by atoms with Crippen LogP contribution in [0.25, 0.3) is 5.52 Å². The predicted molar refractivity (Wildman–Crippen MR) is 79.1 cm³/mol. The first-order valence-corrected chi connectivity index (χ1v) is 7.11. The molecule has 1 saturated carbocycles. The van der Waals surface area contributed by atoms with Gasteiger partial charge in [0.2, 0.25) is 0 Å². The molecule has 2 heterocycles. The topological polar surface area (TPSA) is 65.4 Å². The Morgan fingerprint density at radius 2 is 2.19 bits per heavy atom. The second-order valence-electron chi connectivity index (χ2n) is 5.37. The van der Waals surface area contributed by atoms with Crippen molar-refractivity contribution in [2.45, 2.75) is 25.0 Å². The van der Waals surface area contributed by atoms with Crippen molar-refractivity contribution in [3.63, 3.8) is 0 Å². The highest BCUT2D eigenvalue weighted by atomic mass is 16.5. The first-order chi connectivity index (χ1) is 10.3. The molecule has 1 aliphatic rings. The van der Waals surface area contributed by atoms with Crippen molar-refractivity contribution in [3.8, 4) is 5.75 Å². The highest BCUT2D eigenvalue weighted by Gasteiger charge is 2.24. The van der Waals surface area contributed by atoms with Crippen LogP contribution in [0.3, 0.4) is 0 Å². The van der Waals surface area contributed by atoms with Gasteiger partial charge >= 0.3 is 0 Å². The fraction of sp³-hybridized carbons (Fsp3) is 0.250. The van der Waals surface area contributed by atoms with Crippen LogP contribution in [0, 0.1) is 0 Å². The van der Waals surface area contributed by atoms with Crippen LogP contribution in [0.5, 0.6) is 5.75 Å². The number of fused-ring (bicyclic) bond motifs is 1. The zero-order chi connectivity index (χ0) is 14.2. The molecule has 4 rings (SSSR count). The van der Waals surface area contributed by atoms with Crippen molar-refractivity contribution in [2.75, 3.05) is 0 Å². The maximum Gasteiger partial charge on any atom is 0.120 e. The predicted octanol–water partition coefficient (Wildman–Crippen LogP) is 2.32. The van der Waals surface area contributed by atoms with Gasteiger partial charge in [-0.25, -0.2) is 4.52 Å². The number of hydrogen-bond acceptors (Lipinski definition) is 4. The molecule has 0 bridgehead atoms. The quantitative estimate of drug-likeness (QED) is 0.796. The SMILES string of the molecule is NC(c1cccc(OC2CC2)c1)c1cnn2ccncc12. The average Bonchev–Trinajstić information content (AvgIpc) is 3.23. The zero-order valence-corrected chi connectivity index (χ0v) is 11.5. The van der Waals surface area contributed by atoms with Crippen molar-refractivity contribution in [1.29, 1.82) is 0 Å². The summed E-state index contributed by atoms with van der Waals surface area (Å²) in [7, 11) is 0. The van der Waals surface area contributed by atoms with E-state index < -0.39 is 0 Å². The normalized spacial score (nSPS) is 16.0. The van der Waals surface area contributed by atoms with Crippen LogP contribution in [0.15, 0.2) is 49.1 Å². The minimum atomic E-state index is -0.241. The standard InChI is InChI=1S/C16H16N4O/c17-16(14-9-19-20-7-6-18-10-15(14)20)11-2-1-3-13(8-11)21-12-4-5-12/h1-3,6-10,12,16H,4-5,17H2. The van der Waals surface area contributed by atoms with E-state index >= 15 is 0 Å². The van der Waals surface area contributed by atoms with Gasteiger partial charge in [0.25, 0.3) is 0 Å². The number of hydrogen-bond donors (Lipinski definition) is 1. The summed E-state index contributed by atoms with van der Waals surface area (Å²) in [6, 6.07) is 7.75. The first-order valence-electron chi connectivity index (χ1n) is 7.11. The van der Waals surface area contributed by atoms with Gasteiger partial charge in [0.05, 0.1) is 30.1 Å². The van der Waals surface area contributed by atoms with Gasteiger partial charge in [-0.3, -0.25) is 4.98 Å². The molecule has 0 saturated heterocycles. The van der Waals surface area contributed by atoms with Crippen LogP contribution >= 0.6 is 0 Å². The molecule has 21 heavy (non-hydrogen) atoms. The molecule has 1 unspecified atom stereocenters. The minimum absolute atomic E-state index is 0.241. The van der Waals surface area contributed by atoms with Crippen LogP contribution in [0.4, 0.5) is 0 Å². The first kappa shape index (κ1) is 12.3. The van der Waals surface area contributed by atoms with E-state index in [2.05, 4.69) is 10.1 Å². The number of rotatable bonds is 4. The fourth-order valence-corrected chi connectivity index (χ4v) is 2.43. The minimum Gasteiger partial charge on any atom is -0.490 e. The lowest BCUT2D eigenvalue weighted by Crippen LogP contribution is -2.12. The van der Waals surface area contributed by atoms with E-state index in [1.807, 2.05) is 30.5 Å². The number of nitrogens with two attached hydrogens (primary N) is 1. The molecule has 2 aromatic heterocycles. The van der Waals surface area contributed by atoms with Gasteiger partial charge in [-0.05, 0) is 30.5 Å². The van der Waals surface area contributed by atoms with Gasteiger partial charge < -0.3 is 10.5 Å². The largest absolute Gasteiger partial charge is 0.490 e. The Balaban J connectivity index is 1.68. The van der Waals surface area contributed by atoms with E-state index in [0.29, 0.717) is 6.10 Å². The summed E-state index contributed by atoms with van der Waals surface area (Å²) in [5.41, 5.74) is 9.32. The van der Waals surface area contributed by atoms with Crippen molar-refractivity contribution in [3.05, 3.63) is 60.2 Å². The van der Waals surface area contributed by atoms with E-state index in [4.69, 9.17) is 10.5 Å². The van der Waals surface area contributed by atoms with Crippen molar-refractivity contribution in [1.82, 2.24) is 14.6 Å². The summed E-state index contributed by atoms with van der Waals surface area (Å²) in [4.78, 5) is 4.15. The monoisotopic (exact) mass is 280 g/mol. The number of ether oxygens (including phenoxy) is 1. The second-order valence-corrected chi connectivity index (χ2v) is 5.37. The van der Waals surface area contributed by atoms with E-state index in [1.165, 1.54) is 0 Å². The molecule has 0 amide bonds. The lowest BCUT2D eigenvalue weighted by atomic mass is 10.0. The van der Waals surface area contributed by atoms with Crippen LogP contribution in [-0.4, -0.2) is 20.7 Å². The second kappa shape index (κ2) is 4.86. The molecule has 0 radical (unpaired) electrons. The Morgan fingerprint density at radius 1 is 1.29 bits per heavy atom. The third-order valence-corrected chi connectivity index (χ3v) is 3.73. The lowest BCUT2D eigenvalue weighted by Gasteiger charge is -2.13. The van der Waals surface area contributed by atoms with Crippen LogP contribution in [0.1, 0.15) is 30.0 Å². The molecule has 0 spiro atoms. The highest BCUT2D eigenvalue weighted by Crippen LogP contribution is 2.30. The van der Waals surface area contributed by atoms with Gasteiger partial charge in [0.1, 0.15) is 5.75 Å². The summed E-state index contributed by atoms with van der Waals surface area (Å²) < 4.78 is 7.62. The van der Waals surface area contributed by atoms with Gasteiger partial charge in [0.15, 0.2) is 0 Å². The van der Waals surface area contributed by atoms with Crippen LogP contribution < -0.4 is 10.5 Å². The Morgan fingerprint density at radius 3 is 3.05 bits per heavy atom. The summed E-state index contributed by atoms with van der Waals surface area (Å²) in [6.45, 7) is 0. The van der Waals surface area contributed by atoms with Crippen molar-refractivity contribution >= 4 is 5.52 Å². The third kappa shape index (κ3) is 2.36. The van der Waals surface area contributed by atoms with Gasteiger partial charge in [-0.2, -0.15) is 5.10 Å². The van der Waals surface area contributed by atoms with E-state index in [-0.39, 0.29) is 6.04 Å². The summed E-state index contributed by atoms with van der Waals surface area (Å²) in [5.74, 6) is 0.889. The molecule has 5 heteroatoms. The van der Waals surface area contributed by atoms with E-state index in [0.717, 1.165) is 35.2 Å². The average molecular weight is 280 g/mol. The Kier molecular flexibility index (Phi) is 2.86. The molecule has 0 aliphatic heterocycles. The molecule has 1 atom stereocenters. The molecular formula is C16H16N4O. The summed E-state index contributed by atoms with van der Waals surface area (Å²) in [6.07, 6.45) is 9.80. The van der Waals surface area contributed by atoms with Crippen molar-refractivity contribution in [2.24, 2.45) is 5.73 Å². The highest BCUT2D eigenvalue weighted by molar-refractivity contribution is 5.55. The van der Waals surface area contributed by atoms with Gasteiger partial charge in [-0.1, -0.05) is 12.1 Å².